The highest BCUT2D eigenvalue weighted by Gasteiger charge is 2.19. The third-order valence-corrected chi connectivity index (χ3v) is 3.75. The number of nitrogens with one attached hydrogen (secondary N) is 1. The highest BCUT2D eigenvalue weighted by molar-refractivity contribution is 5.95. The van der Waals surface area contributed by atoms with E-state index in [1.807, 2.05) is 30.1 Å². The first-order valence-corrected chi connectivity index (χ1v) is 6.77. The molecule has 0 bridgehead atoms. The van der Waals surface area contributed by atoms with Crippen LogP contribution in [0.2, 0.25) is 0 Å². The molecule has 0 radical (unpaired) electrons. The molecule has 3 nitrogen and oxygen atoms in total. The lowest BCUT2D eigenvalue weighted by molar-refractivity contribution is 0.0736. The number of nitrogens with zero attached hydrogens (tertiary/aromatic N) is 1. The summed E-state index contributed by atoms with van der Waals surface area (Å²) in [5.41, 5.74) is 3.25. The molecule has 0 saturated heterocycles. The number of amides is 1. The van der Waals surface area contributed by atoms with E-state index < -0.39 is 0 Å². The first-order chi connectivity index (χ1) is 8.63. The summed E-state index contributed by atoms with van der Waals surface area (Å²) in [6.07, 6.45) is 3.17. The van der Waals surface area contributed by atoms with Gasteiger partial charge < -0.3 is 10.2 Å². The van der Waals surface area contributed by atoms with Crippen LogP contribution >= 0.6 is 0 Å². The van der Waals surface area contributed by atoms with Gasteiger partial charge in [-0.05, 0) is 43.5 Å². The maximum absolute atomic E-state index is 12.4. The van der Waals surface area contributed by atoms with Crippen LogP contribution in [0.1, 0.15) is 42.6 Å². The maximum Gasteiger partial charge on any atom is 0.253 e. The smallest absolute Gasteiger partial charge is 0.253 e. The van der Waals surface area contributed by atoms with Crippen molar-refractivity contribution in [3.8, 4) is 0 Å². The number of rotatable bonds is 4. The molecule has 1 aliphatic heterocycles. The van der Waals surface area contributed by atoms with E-state index >= 15 is 0 Å². The van der Waals surface area contributed by atoms with Crippen molar-refractivity contribution in [1.29, 1.82) is 0 Å². The van der Waals surface area contributed by atoms with Crippen LogP contribution in [-0.2, 0) is 6.42 Å². The number of carbonyl (C=O) groups excluding carboxylic acids is 1. The summed E-state index contributed by atoms with van der Waals surface area (Å²) in [6, 6.07) is 6.28. The molecule has 98 valence electrons. The highest BCUT2D eigenvalue weighted by atomic mass is 16.2. The lowest BCUT2D eigenvalue weighted by Gasteiger charge is -2.24. The first kappa shape index (κ1) is 12.9. The topological polar surface area (TPSA) is 32.3 Å². The van der Waals surface area contributed by atoms with E-state index in [-0.39, 0.29) is 5.91 Å². The Bertz CT molecular complexity index is 442. The quantitative estimate of drug-likeness (QED) is 0.886. The molecular formula is C15H22N2O. The predicted octanol–water partition coefficient (Wildman–Crippen LogP) is 2.92. The molecule has 1 aliphatic rings. The largest absolute Gasteiger partial charge is 0.384 e. The normalized spacial score (nSPS) is 14.8. The van der Waals surface area contributed by atoms with E-state index in [1.54, 1.807) is 0 Å². The highest BCUT2D eigenvalue weighted by Crippen LogP contribution is 2.23. The summed E-state index contributed by atoms with van der Waals surface area (Å²) in [7, 11) is 1.90. The van der Waals surface area contributed by atoms with Crippen LogP contribution in [-0.4, -0.2) is 30.4 Å². The summed E-state index contributed by atoms with van der Waals surface area (Å²) in [5, 5.41) is 3.31. The molecule has 0 spiro atoms. The van der Waals surface area contributed by atoms with Gasteiger partial charge in [-0.25, -0.2) is 0 Å². The van der Waals surface area contributed by atoms with E-state index in [1.165, 1.54) is 11.3 Å². The third kappa shape index (κ3) is 2.50. The molecule has 3 heteroatoms. The number of carbonyl (C=O) groups is 1. The fourth-order valence-corrected chi connectivity index (χ4v) is 2.45. The van der Waals surface area contributed by atoms with Gasteiger partial charge >= 0.3 is 0 Å². The summed E-state index contributed by atoms with van der Waals surface area (Å²) < 4.78 is 0. The van der Waals surface area contributed by atoms with Crippen LogP contribution in [0.3, 0.4) is 0 Å². The number of benzene rings is 1. The average Bonchev–Trinajstić information content (AvgIpc) is 2.84. The van der Waals surface area contributed by atoms with Crippen molar-refractivity contribution < 1.29 is 4.79 Å². The van der Waals surface area contributed by atoms with E-state index in [9.17, 15) is 4.79 Å². The molecule has 0 fully saturated rings. The van der Waals surface area contributed by atoms with Crippen LogP contribution in [0.5, 0.6) is 0 Å². The lowest BCUT2D eigenvalue weighted by atomic mass is 10.1. The molecule has 1 aromatic carbocycles. The van der Waals surface area contributed by atoms with Crippen LogP contribution in [0.4, 0.5) is 5.69 Å². The Hall–Kier alpha value is -1.51. The van der Waals surface area contributed by atoms with E-state index in [0.717, 1.165) is 31.4 Å². The minimum atomic E-state index is 0.130. The predicted molar refractivity (Wildman–Crippen MR) is 75.1 cm³/mol. The second kappa shape index (κ2) is 5.42. The number of hydrogen-bond donors (Lipinski definition) is 1. The Morgan fingerprint density at radius 2 is 2.28 bits per heavy atom. The van der Waals surface area contributed by atoms with Gasteiger partial charge in [0.1, 0.15) is 0 Å². The fourth-order valence-electron chi connectivity index (χ4n) is 2.45. The standard InChI is InChI=1S/C15H22N2O/c1-4-5-11(2)17(3)15(18)13-6-7-14-12(10-13)8-9-16-14/h6-7,10-11,16H,4-5,8-9H2,1-3H3. The SMILES string of the molecule is CCCC(C)N(C)C(=O)c1ccc2c(c1)CCN2. The molecule has 18 heavy (non-hydrogen) atoms. The Morgan fingerprint density at radius 1 is 1.50 bits per heavy atom. The van der Waals surface area contributed by atoms with Crippen molar-refractivity contribution in [2.24, 2.45) is 0 Å². The van der Waals surface area contributed by atoms with Crippen molar-refractivity contribution in [2.45, 2.75) is 39.2 Å². The molecule has 1 atom stereocenters. The molecule has 1 N–H and O–H groups in total. The zero-order valence-electron chi connectivity index (χ0n) is 11.5. The second-order valence-corrected chi connectivity index (χ2v) is 5.10. The number of hydrogen-bond acceptors (Lipinski definition) is 2. The van der Waals surface area contributed by atoms with Crippen molar-refractivity contribution >= 4 is 11.6 Å². The van der Waals surface area contributed by atoms with Gasteiger partial charge in [-0.1, -0.05) is 13.3 Å². The molecule has 0 saturated carbocycles. The first-order valence-electron chi connectivity index (χ1n) is 6.77. The Balaban J connectivity index is 2.13. The van der Waals surface area contributed by atoms with E-state index in [4.69, 9.17) is 0 Å². The maximum atomic E-state index is 12.4. The zero-order valence-corrected chi connectivity index (χ0v) is 11.5. The third-order valence-electron chi connectivity index (χ3n) is 3.75. The van der Waals surface area contributed by atoms with Gasteiger partial charge in [0.2, 0.25) is 0 Å². The molecule has 2 rings (SSSR count). The molecule has 1 amide bonds. The zero-order chi connectivity index (χ0) is 13.1. The summed E-state index contributed by atoms with van der Waals surface area (Å²) in [5.74, 6) is 0.130. The minimum Gasteiger partial charge on any atom is -0.384 e. The van der Waals surface area contributed by atoms with E-state index in [0.29, 0.717) is 6.04 Å². The van der Waals surface area contributed by atoms with Crippen molar-refractivity contribution in [3.05, 3.63) is 29.3 Å². The molecule has 1 aromatic rings. The van der Waals surface area contributed by atoms with Crippen LogP contribution in [0.25, 0.3) is 0 Å². The van der Waals surface area contributed by atoms with Gasteiger partial charge in [-0.2, -0.15) is 0 Å². The summed E-state index contributed by atoms with van der Waals surface area (Å²) in [4.78, 5) is 14.2. The minimum absolute atomic E-state index is 0.130. The van der Waals surface area contributed by atoms with Gasteiger partial charge in [0.25, 0.3) is 5.91 Å². The van der Waals surface area contributed by atoms with Crippen LogP contribution < -0.4 is 5.32 Å². The van der Waals surface area contributed by atoms with Crippen molar-refractivity contribution in [1.82, 2.24) is 4.90 Å². The Kier molecular flexibility index (Phi) is 3.90. The van der Waals surface area contributed by atoms with Crippen LogP contribution in [0.15, 0.2) is 18.2 Å². The molecule has 0 aromatic heterocycles. The van der Waals surface area contributed by atoms with Gasteiger partial charge in [-0.3, -0.25) is 4.79 Å². The van der Waals surface area contributed by atoms with Crippen molar-refractivity contribution in [3.63, 3.8) is 0 Å². The van der Waals surface area contributed by atoms with Gasteiger partial charge in [0, 0.05) is 30.9 Å². The number of anilines is 1. The molecule has 1 heterocycles. The van der Waals surface area contributed by atoms with Crippen molar-refractivity contribution in [2.75, 3.05) is 18.9 Å². The summed E-state index contributed by atoms with van der Waals surface area (Å²) in [6.45, 7) is 5.24. The fraction of sp³-hybridized carbons (Fsp3) is 0.533. The molecular weight excluding hydrogens is 224 g/mol. The molecule has 1 unspecified atom stereocenters. The Morgan fingerprint density at radius 3 is 3.00 bits per heavy atom. The second-order valence-electron chi connectivity index (χ2n) is 5.10. The number of fused-ring (bicyclic) bond motifs is 1. The summed E-state index contributed by atoms with van der Waals surface area (Å²) >= 11 is 0. The van der Waals surface area contributed by atoms with Crippen LogP contribution in [0, 0.1) is 0 Å². The van der Waals surface area contributed by atoms with Gasteiger partial charge in [0.05, 0.1) is 0 Å². The lowest BCUT2D eigenvalue weighted by Crippen LogP contribution is -2.34. The average molecular weight is 246 g/mol. The molecule has 0 aliphatic carbocycles. The monoisotopic (exact) mass is 246 g/mol. The van der Waals surface area contributed by atoms with Gasteiger partial charge in [-0.15, -0.1) is 0 Å². The van der Waals surface area contributed by atoms with Gasteiger partial charge in [0.15, 0.2) is 0 Å². The Labute approximate surface area is 109 Å². The van der Waals surface area contributed by atoms with E-state index in [2.05, 4.69) is 19.2 Å².